The summed E-state index contributed by atoms with van der Waals surface area (Å²) in [6.45, 7) is 4.74. The number of hydrogen-bond acceptors (Lipinski definition) is 4. The summed E-state index contributed by atoms with van der Waals surface area (Å²) in [6, 6.07) is -0.116. The minimum absolute atomic E-state index is 0.116. The number of aromatic amines is 1. The Bertz CT molecular complexity index is 272. The van der Waals surface area contributed by atoms with E-state index in [4.69, 9.17) is 10.5 Å². The van der Waals surface area contributed by atoms with Gasteiger partial charge in [0, 0.05) is 19.6 Å². The Kier molecular flexibility index (Phi) is 4.03. The highest BCUT2D eigenvalue weighted by atomic mass is 16.5. The van der Waals surface area contributed by atoms with E-state index in [1.807, 2.05) is 13.8 Å². The van der Waals surface area contributed by atoms with Gasteiger partial charge in [0.05, 0.1) is 6.04 Å². The predicted molar refractivity (Wildman–Crippen MR) is 53.9 cm³/mol. The van der Waals surface area contributed by atoms with Crippen molar-refractivity contribution in [2.24, 2.45) is 5.73 Å². The first kappa shape index (κ1) is 11.1. The minimum Gasteiger partial charge on any atom is -0.385 e. The van der Waals surface area contributed by atoms with Crippen molar-refractivity contribution in [1.82, 2.24) is 15.2 Å². The molecule has 1 aromatic heterocycles. The van der Waals surface area contributed by atoms with Gasteiger partial charge in [0.1, 0.15) is 5.82 Å². The molecule has 0 aliphatic rings. The predicted octanol–water partition coefficient (Wildman–Crippen LogP) is 0.964. The van der Waals surface area contributed by atoms with Gasteiger partial charge in [-0.3, -0.25) is 5.10 Å². The molecule has 0 aliphatic heterocycles. The Morgan fingerprint density at radius 1 is 1.50 bits per heavy atom. The van der Waals surface area contributed by atoms with Crippen molar-refractivity contribution in [3.8, 4) is 0 Å². The van der Waals surface area contributed by atoms with Crippen LogP contribution in [0.3, 0.4) is 0 Å². The van der Waals surface area contributed by atoms with E-state index in [9.17, 15) is 0 Å². The van der Waals surface area contributed by atoms with Crippen LogP contribution in [0.5, 0.6) is 0 Å². The molecule has 0 fully saturated rings. The van der Waals surface area contributed by atoms with Crippen molar-refractivity contribution >= 4 is 0 Å². The summed E-state index contributed by atoms with van der Waals surface area (Å²) in [5.74, 6) is 1.88. The lowest BCUT2D eigenvalue weighted by Gasteiger charge is -2.06. The molecular weight excluding hydrogens is 180 g/mol. The standard InChI is InChI=1S/C9H18N4O/c1-6(2)8-11-9(13-12-8)7(10)4-5-14-3/h6-7H,4-5,10H2,1-3H3,(H,11,12,13). The lowest BCUT2D eigenvalue weighted by molar-refractivity contribution is 0.187. The molecule has 5 heteroatoms. The molecular formula is C9H18N4O. The second-order valence-electron chi connectivity index (χ2n) is 3.62. The molecule has 0 spiro atoms. The van der Waals surface area contributed by atoms with Crippen LogP contribution in [0.25, 0.3) is 0 Å². The van der Waals surface area contributed by atoms with Crippen molar-refractivity contribution in [3.63, 3.8) is 0 Å². The van der Waals surface area contributed by atoms with Gasteiger partial charge in [-0.2, -0.15) is 5.10 Å². The van der Waals surface area contributed by atoms with Crippen LogP contribution in [0.2, 0.25) is 0 Å². The zero-order valence-corrected chi connectivity index (χ0v) is 8.95. The normalized spacial score (nSPS) is 13.5. The molecule has 3 N–H and O–H groups in total. The zero-order valence-electron chi connectivity index (χ0n) is 8.95. The number of nitrogens with one attached hydrogen (secondary N) is 1. The van der Waals surface area contributed by atoms with Gasteiger partial charge in [-0.15, -0.1) is 0 Å². The van der Waals surface area contributed by atoms with Crippen LogP contribution >= 0.6 is 0 Å². The second kappa shape index (κ2) is 5.07. The number of aromatic nitrogens is 3. The van der Waals surface area contributed by atoms with E-state index in [0.29, 0.717) is 12.5 Å². The van der Waals surface area contributed by atoms with Gasteiger partial charge in [-0.1, -0.05) is 13.8 Å². The maximum absolute atomic E-state index is 5.88. The summed E-state index contributed by atoms with van der Waals surface area (Å²) in [5, 5.41) is 6.94. The van der Waals surface area contributed by atoms with E-state index >= 15 is 0 Å². The average Bonchev–Trinajstić information content (AvgIpc) is 2.62. The molecule has 0 saturated carbocycles. The Balaban J connectivity index is 2.57. The van der Waals surface area contributed by atoms with Gasteiger partial charge < -0.3 is 10.5 Å². The van der Waals surface area contributed by atoms with Crippen LogP contribution < -0.4 is 5.73 Å². The summed E-state index contributed by atoms with van der Waals surface area (Å²) in [6.07, 6.45) is 0.753. The molecule has 80 valence electrons. The monoisotopic (exact) mass is 198 g/mol. The van der Waals surface area contributed by atoms with Gasteiger partial charge in [-0.05, 0) is 6.42 Å². The van der Waals surface area contributed by atoms with Crippen LogP contribution in [0.15, 0.2) is 0 Å². The molecule has 1 unspecified atom stereocenters. The molecule has 14 heavy (non-hydrogen) atoms. The van der Waals surface area contributed by atoms with Crippen molar-refractivity contribution in [2.45, 2.75) is 32.2 Å². The summed E-state index contributed by atoms with van der Waals surface area (Å²) >= 11 is 0. The zero-order chi connectivity index (χ0) is 10.6. The topological polar surface area (TPSA) is 76.8 Å². The lowest BCUT2D eigenvalue weighted by atomic mass is 10.2. The molecule has 0 aliphatic carbocycles. The van der Waals surface area contributed by atoms with Crippen LogP contribution in [-0.4, -0.2) is 28.9 Å². The first-order valence-electron chi connectivity index (χ1n) is 4.81. The van der Waals surface area contributed by atoms with Crippen molar-refractivity contribution < 1.29 is 4.74 Å². The first-order chi connectivity index (χ1) is 6.65. The largest absolute Gasteiger partial charge is 0.385 e. The first-order valence-corrected chi connectivity index (χ1v) is 4.81. The number of H-pyrrole nitrogens is 1. The number of ether oxygens (including phenoxy) is 1. The Hall–Kier alpha value is -0.940. The molecule has 1 atom stereocenters. The van der Waals surface area contributed by atoms with Gasteiger partial charge in [0.15, 0.2) is 5.82 Å². The van der Waals surface area contributed by atoms with Gasteiger partial charge >= 0.3 is 0 Å². The van der Waals surface area contributed by atoms with Crippen LogP contribution in [0, 0.1) is 0 Å². The lowest BCUT2D eigenvalue weighted by Crippen LogP contribution is -2.14. The van der Waals surface area contributed by atoms with E-state index in [1.54, 1.807) is 7.11 Å². The maximum Gasteiger partial charge on any atom is 0.153 e. The minimum atomic E-state index is -0.116. The Morgan fingerprint density at radius 2 is 2.21 bits per heavy atom. The summed E-state index contributed by atoms with van der Waals surface area (Å²) in [5.41, 5.74) is 5.88. The quantitative estimate of drug-likeness (QED) is 0.739. The van der Waals surface area contributed by atoms with E-state index in [1.165, 1.54) is 0 Å². The third kappa shape index (κ3) is 2.78. The molecule has 5 nitrogen and oxygen atoms in total. The smallest absolute Gasteiger partial charge is 0.153 e. The Labute approximate surface area is 84.1 Å². The highest BCUT2D eigenvalue weighted by molar-refractivity contribution is 4.98. The Morgan fingerprint density at radius 3 is 2.71 bits per heavy atom. The maximum atomic E-state index is 5.88. The molecule has 1 heterocycles. The number of methoxy groups -OCH3 is 1. The summed E-state index contributed by atoms with van der Waals surface area (Å²) in [7, 11) is 1.66. The van der Waals surface area contributed by atoms with Gasteiger partial charge in [0.25, 0.3) is 0 Å². The third-order valence-electron chi connectivity index (χ3n) is 2.02. The van der Waals surface area contributed by atoms with Crippen molar-refractivity contribution in [2.75, 3.05) is 13.7 Å². The molecule has 0 saturated heterocycles. The van der Waals surface area contributed by atoms with E-state index in [2.05, 4.69) is 15.2 Å². The highest BCUT2D eigenvalue weighted by Crippen LogP contribution is 2.13. The highest BCUT2D eigenvalue weighted by Gasteiger charge is 2.12. The molecule has 0 radical (unpaired) electrons. The number of rotatable bonds is 5. The second-order valence-corrected chi connectivity index (χ2v) is 3.62. The fourth-order valence-electron chi connectivity index (χ4n) is 1.09. The third-order valence-corrected chi connectivity index (χ3v) is 2.02. The SMILES string of the molecule is COCCC(N)c1nc(C(C)C)n[nH]1. The fraction of sp³-hybridized carbons (Fsp3) is 0.778. The van der Waals surface area contributed by atoms with E-state index in [-0.39, 0.29) is 6.04 Å². The van der Waals surface area contributed by atoms with Crippen LogP contribution in [0.1, 0.15) is 43.9 Å². The molecule has 1 aromatic rings. The molecule has 0 amide bonds. The number of nitrogens with zero attached hydrogens (tertiary/aromatic N) is 2. The van der Waals surface area contributed by atoms with Crippen molar-refractivity contribution in [1.29, 1.82) is 0 Å². The number of hydrogen-bond donors (Lipinski definition) is 2. The van der Waals surface area contributed by atoms with Gasteiger partial charge in [-0.25, -0.2) is 4.98 Å². The summed E-state index contributed by atoms with van der Waals surface area (Å²) in [4.78, 5) is 4.32. The summed E-state index contributed by atoms with van der Waals surface area (Å²) < 4.78 is 4.95. The molecule has 0 aromatic carbocycles. The van der Waals surface area contributed by atoms with Crippen LogP contribution in [0.4, 0.5) is 0 Å². The molecule has 0 bridgehead atoms. The number of nitrogens with two attached hydrogens (primary N) is 1. The van der Waals surface area contributed by atoms with Gasteiger partial charge in [0.2, 0.25) is 0 Å². The van der Waals surface area contributed by atoms with Crippen LogP contribution in [-0.2, 0) is 4.74 Å². The molecule has 1 rings (SSSR count). The fourth-order valence-corrected chi connectivity index (χ4v) is 1.09. The average molecular weight is 198 g/mol. The van der Waals surface area contributed by atoms with Crippen molar-refractivity contribution in [3.05, 3.63) is 11.6 Å². The van der Waals surface area contributed by atoms with E-state index in [0.717, 1.165) is 18.1 Å². The van der Waals surface area contributed by atoms with E-state index < -0.39 is 0 Å².